The quantitative estimate of drug-likeness (QED) is 0.423. The van der Waals surface area contributed by atoms with Gasteiger partial charge in [-0.25, -0.2) is 4.98 Å². The predicted molar refractivity (Wildman–Crippen MR) is 124 cm³/mol. The van der Waals surface area contributed by atoms with Gasteiger partial charge in [0.15, 0.2) is 6.10 Å². The summed E-state index contributed by atoms with van der Waals surface area (Å²) < 4.78 is 44.1. The number of aryl methyl sites for hydroxylation is 1. The average Bonchev–Trinajstić information content (AvgIpc) is 3.08. The van der Waals surface area contributed by atoms with Gasteiger partial charge in [-0.15, -0.1) is 0 Å². The zero-order chi connectivity index (χ0) is 24.7. The molecule has 1 unspecified atom stereocenters. The molecule has 0 saturated carbocycles. The van der Waals surface area contributed by atoms with Crippen molar-refractivity contribution in [2.75, 3.05) is 13.2 Å². The average molecular weight is 481 g/mol. The van der Waals surface area contributed by atoms with E-state index in [-0.39, 0.29) is 17.0 Å². The van der Waals surface area contributed by atoms with Gasteiger partial charge in [0.2, 0.25) is 0 Å². The maximum absolute atomic E-state index is 13.1. The fraction of sp³-hybridized carbons (Fsp3) is 0.231. The molecule has 0 fully saturated rings. The lowest BCUT2D eigenvalue weighted by molar-refractivity contribution is -0.206. The van der Waals surface area contributed by atoms with Crippen molar-refractivity contribution in [2.24, 2.45) is 0 Å². The molecule has 1 aromatic heterocycles. The van der Waals surface area contributed by atoms with Crippen molar-refractivity contribution < 1.29 is 27.8 Å². The fourth-order valence-corrected chi connectivity index (χ4v) is 4.24. The van der Waals surface area contributed by atoms with Gasteiger partial charge < -0.3 is 19.7 Å². The molecule has 1 amide bonds. The van der Waals surface area contributed by atoms with Gasteiger partial charge in [-0.05, 0) is 60.0 Å². The van der Waals surface area contributed by atoms with Crippen LogP contribution >= 0.6 is 0 Å². The number of aromatic nitrogens is 2. The summed E-state index contributed by atoms with van der Waals surface area (Å²) in [7, 11) is 0. The first-order chi connectivity index (χ1) is 16.7. The Labute approximate surface area is 199 Å². The topological polar surface area (TPSA) is 78.5 Å². The molecule has 0 bridgehead atoms. The molecule has 2 heterocycles. The number of hydrogen-bond donors (Lipinski definition) is 2. The van der Waals surface area contributed by atoms with E-state index in [2.05, 4.69) is 9.97 Å². The smallest absolute Gasteiger partial charge is 0.418 e. The molecule has 0 radical (unpaired) electrons. The summed E-state index contributed by atoms with van der Waals surface area (Å²) in [6.07, 6.45) is -7.36. The molecule has 35 heavy (non-hydrogen) atoms. The minimum absolute atomic E-state index is 0.239. The van der Waals surface area contributed by atoms with Crippen LogP contribution in [0, 0.1) is 6.92 Å². The molecular weight excluding hydrogens is 459 g/mol. The van der Waals surface area contributed by atoms with Gasteiger partial charge in [0.1, 0.15) is 18.2 Å². The van der Waals surface area contributed by atoms with Gasteiger partial charge in [-0.3, -0.25) is 4.79 Å². The SMILES string of the molecule is Cc1nc2ccc(-c3ccc4c(c3)CN(C(=O)c3ccc(C(O)C(F)(F)F)cc3)CCO4)cc2[nH]1. The summed E-state index contributed by atoms with van der Waals surface area (Å²) in [5.74, 6) is 1.20. The molecule has 6 nitrogen and oxygen atoms in total. The molecule has 5 rings (SSSR count). The van der Waals surface area contributed by atoms with Crippen LogP contribution in [0.4, 0.5) is 13.2 Å². The minimum atomic E-state index is -4.77. The lowest BCUT2D eigenvalue weighted by Gasteiger charge is -2.21. The number of fused-ring (bicyclic) bond motifs is 2. The van der Waals surface area contributed by atoms with Gasteiger partial charge >= 0.3 is 6.18 Å². The van der Waals surface area contributed by atoms with Crippen LogP contribution in [0.1, 0.15) is 33.4 Å². The molecule has 1 aliphatic rings. The van der Waals surface area contributed by atoms with E-state index in [1.165, 1.54) is 12.1 Å². The Hall–Kier alpha value is -3.85. The fourth-order valence-electron chi connectivity index (χ4n) is 4.24. The van der Waals surface area contributed by atoms with Gasteiger partial charge in [-0.1, -0.05) is 24.3 Å². The summed E-state index contributed by atoms with van der Waals surface area (Å²) in [5, 5.41) is 9.42. The molecule has 1 atom stereocenters. The van der Waals surface area contributed by atoms with Crippen LogP contribution in [0.15, 0.2) is 60.7 Å². The highest BCUT2D eigenvalue weighted by molar-refractivity contribution is 5.94. The number of aliphatic hydroxyl groups is 1. The van der Waals surface area contributed by atoms with Crippen LogP contribution in [0.3, 0.4) is 0 Å². The van der Waals surface area contributed by atoms with Crippen molar-refractivity contribution >= 4 is 16.9 Å². The lowest BCUT2D eigenvalue weighted by atomic mass is 10.0. The second kappa shape index (κ2) is 8.74. The van der Waals surface area contributed by atoms with E-state index >= 15 is 0 Å². The van der Waals surface area contributed by atoms with Gasteiger partial charge in [-0.2, -0.15) is 13.2 Å². The highest BCUT2D eigenvalue weighted by Crippen LogP contribution is 2.33. The number of ether oxygens (including phenoxy) is 1. The number of alkyl halides is 3. The second-order valence-electron chi connectivity index (χ2n) is 8.52. The Balaban J connectivity index is 1.39. The number of benzene rings is 3. The summed E-state index contributed by atoms with van der Waals surface area (Å²) >= 11 is 0. The van der Waals surface area contributed by atoms with Crippen LogP contribution in [-0.2, 0) is 6.54 Å². The number of amides is 1. The normalized spacial score (nSPS) is 14.8. The van der Waals surface area contributed by atoms with Crippen LogP contribution < -0.4 is 4.74 Å². The number of H-pyrrole nitrogens is 1. The summed E-state index contributed by atoms with van der Waals surface area (Å²) in [6.45, 7) is 2.81. The van der Waals surface area contributed by atoms with Crippen molar-refractivity contribution in [1.29, 1.82) is 0 Å². The van der Waals surface area contributed by atoms with E-state index in [0.717, 1.165) is 45.7 Å². The molecule has 2 N–H and O–H groups in total. The number of rotatable bonds is 3. The maximum Gasteiger partial charge on any atom is 0.418 e. The van der Waals surface area contributed by atoms with Crippen molar-refractivity contribution in [1.82, 2.24) is 14.9 Å². The number of carbonyl (C=O) groups excluding carboxylic acids is 1. The van der Waals surface area contributed by atoms with Crippen molar-refractivity contribution in [2.45, 2.75) is 25.7 Å². The number of carbonyl (C=O) groups is 1. The van der Waals surface area contributed by atoms with Crippen LogP contribution in [0.2, 0.25) is 0 Å². The standard InChI is InChI=1S/C26H22F3N3O3/c1-15-30-21-8-6-19(13-22(21)31-15)18-7-9-23-20(12-18)14-32(10-11-35-23)25(34)17-4-2-16(3-5-17)24(33)26(27,28)29/h2-9,12-13,24,33H,10-11,14H2,1H3,(H,30,31). The van der Waals surface area contributed by atoms with Crippen LogP contribution in [0.25, 0.3) is 22.2 Å². The number of aliphatic hydroxyl groups excluding tert-OH is 1. The Morgan fingerprint density at radius 2 is 1.80 bits per heavy atom. The third-order valence-electron chi connectivity index (χ3n) is 6.04. The first kappa shape index (κ1) is 22.9. The first-order valence-corrected chi connectivity index (χ1v) is 11.1. The highest BCUT2D eigenvalue weighted by Gasteiger charge is 2.39. The zero-order valence-electron chi connectivity index (χ0n) is 18.8. The molecule has 4 aromatic rings. The summed E-state index contributed by atoms with van der Waals surface area (Å²) in [5.41, 5.74) is 4.52. The third kappa shape index (κ3) is 4.59. The van der Waals surface area contributed by atoms with E-state index < -0.39 is 12.3 Å². The van der Waals surface area contributed by atoms with E-state index in [0.29, 0.717) is 25.4 Å². The number of hydrogen-bond acceptors (Lipinski definition) is 4. The van der Waals surface area contributed by atoms with E-state index in [4.69, 9.17) is 4.74 Å². The maximum atomic E-state index is 13.1. The molecule has 0 spiro atoms. The molecule has 3 aromatic carbocycles. The van der Waals surface area contributed by atoms with E-state index in [1.54, 1.807) is 4.90 Å². The summed E-state index contributed by atoms with van der Waals surface area (Å²) in [6, 6.07) is 16.6. The van der Waals surface area contributed by atoms with Crippen molar-refractivity contribution in [3.05, 3.63) is 83.2 Å². The van der Waals surface area contributed by atoms with Gasteiger partial charge in [0.05, 0.1) is 17.6 Å². The number of halogens is 3. The first-order valence-electron chi connectivity index (χ1n) is 11.1. The van der Waals surface area contributed by atoms with Crippen LogP contribution in [0.5, 0.6) is 5.75 Å². The van der Waals surface area contributed by atoms with E-state index in [9.17, 15) is 23.1 Å². The third-order valence-corrected chi connectivity index (χ3v) is 6.04. The predicted octanol–water partition coefficient (Wildman–Crippen LogP) is 5.17. The van der Waals surface area contributed by atoms with Gasteiger partial charge in [0, 0.05) is 17.7 Å². The number of imidazole rings is 1. The van der Waals surface area contributed by atoms with E-state index in [1.807, 2.05) is 43.3 Å². The van der Waals surface area contributed by atoms with Crippen molar-refractivity contribution in [3.63, 3.8) is 0 Å². The van der Waals surface area contributed by atoms with Crippen LogP contribution in [-0.4, -0.2) is 45.2 Å². The number of aromatic amines is 1. The molecule has 9 heteroatoms. The highest BCUT2D eigenvalue weighted by atomic mass is 19.4. The molecule has 0 aliphatic carbocycles. The van der Waals surface area contributed by atoms with Gasteiger partial charge in [0.25, 0.3) is 5.91 Å². The Kier molecular flexibility index (Phi) is 5.72. The Bertz CT molecular complexity index is 1400. The Morgan fingerprint density at radius 3 is 2.54 bits per heavy atom. The molecule has 180 valence electrons. The molecule has 0 saturated heterocycles. The minimum Gasteiger partial charge on any atom is -0.491 e. The monoisotopic (exact) mass is 481 g/mol. The summed E-state index contributed by atoms with van der Waals surface area (Å²) in [4.78, 5) is 22.4. The second-order valence-corrected chi connectivity index (χ2v) is 8.52. The van der Waals surface area contributed by atoms with Crippen molar-refractivity contribution in [3.8, 4) is 16.9 Å². The zero-order valence-corrected chi connectivity index (χ0v) is 18.8. The molecular formula is C26H22F3N3O3. The number of nitrogens with zero attached hydrogens (tertiary/aromatic N) is 2. The largest absolute Gasteiger partial charge is 0.491 e. The Morgan fingerprint density at radius 1 is 1.09 bits per heavy atom. The molecule has 1 aliphatic heterocycles. The number of nitrogens with one attached hydrogen (secondary N) is 1. The lowest BCUT2D eigenvalue weighted by Crippen LogP contribution is -2.32.